The monoisotopic (exact) mass is 171 g/mol. The average Bonchev–Trinajstić information content (AvgIpc) is 2.12. The number of nitrogens with one attached hydrogen (secondary N) is 1. The predicted molar refractivity (Wildman–Crippen MR) is 30.8 cm³/mol. The van der Waals surface area contributed by atoms with Crippen LogP contribution in [0.3, 0.4) is 0 Å². The van der Waals surface area contributed by atoms with E-state index in [-0.39, 0.29) is 0 Å². The van der Waals surface area contributed by atoms with Crippen molar-refractivity contribution in [1.82, 2.24) is 5.32 Å². The maximum absolute atomic E-state index is 11.4. The molecule has 0 radical (unpaired) electrons. The Kier molecular flexibility index (Phi) is 2.10. The van der Waals surface area contributed by atoms with Gasteiger partial charge in [0.05, 0.1) is 0 Å². The summed E-state index contributed by atoms with van der Waals surface area (Å²) in [5, 5.41) is 3.85. The maximum Gasteiger partial charge on any atom is 0.525 e. The lowest BCUT2D eigenvalue weighted by Crippen LogP contribution is -2.27. The van der Waals surface area contributed by atoms with E-state index in [1.807, 2.05) is 0 Å². The number of thioether (sulfide) groups is 1. The Bertz CT molecular complexity index is 138. The molecule has 0 saturated heterocycles. The minimum atomic E-state index is -4.56. The molecule has 58 valence electrons. The van der Waals surface area contributed by atoms with Crippen LogP contribution in [0.2, 0.25) is 0 Å². The van der Waals surface area contributed by atoms with Crippen LogP contribution in [-0.2, 0) is 4.74 Å². The molecule has 0 aliphatic carbocycles. The summed E-state index contributed by atoms with van der Waals surface area (Å²) < 4.78 is 37.8. The lowest BCUT2D eigenvalue weighted by molar-refractivity contribution is -0.331. The SMILES string of the molecule is FC(F)(F)OC1NC=CS1. The van der Waals surface area contributed by atoms with Gasteiger partial charge in [0, 0.05) is 6.20 Å². The topological polar surface area (TPSA) is 21.3 Å². The van der Waals surface area contributed by atoms with Crippen LogP contribution >= 0.6 is 11.8 Å². The molecule has 10 heavy (non-hydrogen) atoms. The lowest BCUT2D eigenvalue weighted by Gasteiger charge is -2.12. The fourth-order valence-electron chi connectivity index (χ4n) is 0.451. The lowest BCUT2D eigenvalue weighted by atomic mass is 11.0. The van der Waals surface area contributed by atoms with Crippen molar-refractivity contribution in [3.05, 3.63) is 11.6 Å². The number of ether oxygens (including phenoxy) is 1. The van der Waals surface area contributed by atoms with E-state index in [2.05, 4.69) is 10.1 Å². The van der Waals surface area contributed by atoms with Crippen LogP contribution in [0.25, 0.3) is 0 Å². The minimum absolute atomic E-state index is 0.935. The Morgan fingerprint density at radius 3 is 2.60 bits per heavy atom. The molecule has 1 aliphatic rings. The Morgan fingerprint density at radius 2 is 2.20 bits per heavy atom. The predicted octanol–water partition coefficient (Wildman–Crippen LogP) is 1.61. The molecule has 1 unspecified atom stereocenters. The second-order valence-electron chi connectivity index (χ2n) is 1.50. The second-order valence-corrected chi connectivity index (χ2v) is 2.47. The van der Waals surface area contributed by atoms with Crippen LogP contribution < -0.4 is 5.32 Å². The third kappa shape index (κ3) is 2.49. The molecule has 1 atom stereocenters. The van der Waals surface area contributed by atoms with Crippen molar-refractivity contribution < 1.29 is 17.9 Å². The standard InChI is InChI=1S/C4H4F3NOS/c5-4(6,7)9-3-8-1-2-10-3/h1-3,8H. The van der Waals surface area contributed by atoms with Crippen molar-refractivity contribution in [1.29, 1.82) is 0 Å². The smallest absolute Gasteiger partial charge is 0.357 e. The highest BCUT2D eigenvalue weighted by atomic mass is 32.2. The van der Waals surface area contributed by atoms with Gasteiger partial charge in [0.25, 0.3) is 0 Å². The van der Waals surface area contributed by atoms with Crippen LogP contribution in [0, 0.1) is 0 Å². The molecule has 1 aliphatic heterocycles. The number of hydrogen-bond donors (Lipinski definition) is 1. The highest BCUT2D eigenvalue weighted by molar-refractivity contribution is 8.02. The molecule has 0 fully saturated rings. The number of alkyl halides is 3. The molecular formula is C4H4F3NOS. The van der Waals surface area contributed by atoms with Crippen molar-refractivity contribution in [2.45, 2.75) is 11.9 Å². The molecule has 0 saturated carbocycles. The van der Waals surface area contributed by atoms with Gasteiger partial charge in [0.2, 0.25) is 0 Å². The molecule has 6 heteroatoms. The summed E-state index contributed by atoms with van der Waals surface area (Å²) >= 11 is 0.935. The van der Waals surface area contributed by atoms with Crippen molar-refractivity contribution in [2.24, 2.45) is 0 Å². The first-order chi connectivity index (χ1) is 4.58. The minimum Gasteiger partial charge on any atom is -0.357 e. The van der Waals surface area contributed by atoms with Crippen LogP contribution in [-0.4, -0.2) is 11.9 Å². The Labute approximate surface area is 59.4 Å². The molecular weight excluding hydrogens is 167 g/mol. The Morgan fingerprint density at radius 1 is 1.50 bits per heavy atom. The zero-order valence-electron chi connectivity index (χ0n) is 4.68. The third-order valence-corrected chi connectivity index (χ3v) is 1.52. The fraction of sp³-hybridized carbons (Fsp3) is 0.500. The molecule has 2 nitrogen and oxygen atoms in total. The van der Waals surface area contributed by atoms with Gasteiger partial charge < -0.3 is 5.32 Å². The van der Waals surface area contributed by atoms with E-state index < -0.39 is 11.9 Å². The quantitative estimate of drug-likeness (QED) is 0.647. The van der Waals surface area contributed by atoms with Gasteiger partial charge in [-0.15, -0.1) is 13.2 Å². The van der Waals surface area contributed by atoms with Gasteiger partial charge in [0.1, 0.15) is 0 Å². The molecule has 1 heterocycles. The number of halogens is 3. The number of hydrogen-bond acceptors (Lipinski definition) is 3. The third-order valence-electron chi connectivity index (χ3n) is 0.743. The van der Waals surface area contributed by atoms with Gasteiger partial charge in [-0.1, -0.05) is 11.8 Å². The normalized spacial score (nSPS) is 24.9. The summed E-state index contributed by atoms with van der Waals surface area (Å²) in [6.45, 7) is 0. The zero-order valence-corrected chi connectivity index (χ0v) is 5.50. The van der Waals surface area contributed by atoms with E-state index in [0.29, 0.717) is 0 Å². The molecule has 1 N–H and O–H groups in total. The molecule has 0 spiro atoms. The summed E-state index contributed by atoms with van der Waals surface area (Å²) in [5.41, 5.74) is -1.01. The van der Waals surface area contributed by atoms with E-state index in [9.17, 15) is 13.2 Å². The largest absolute Gasteiger partial charge is 0.525 e. The average molecular weight is 171 g/mol. The van der Waals surface area contributed by atoms with Crippen molar-refractivity contribution in [2.75, 3.05) is 0 Å². The second kappa shape index (κ2) is 2.71. The van der Waals surface area contributed by atoms with Crippen molar-refractivity contribution in [3.63, 3.8) is 0 Å². The van der Waals surface area contributed by atoms with Gasteiger partial charge in [-0.3, -0.25) is 4.74 Å². The molecule has 0 aromatic carbocycles. The summed E-state index contributed by atoms with van der Waals surface area (Å²) in [7, 11) is 0. The van der Waals surface area contributed by atoms with Crippen LogP contribution in [0.4, 0.5) is 13.2 Å². The summed E-state index contributed by atoms with van der Waals surface area (Å²) in [4.78, 5) is 0. The van der Waals surface area contributed by atoms with E-state index in [1.54, 1.807) is 0 Å². The summed E-state index contributed by atoms with van der Waals surface area (Å²) in [5.74, 6) is 0. The van der Waals surface area contributed by atoms with Crippen molar-refractivity contribution in [3.8, 4) is 0 Å². The molecule has 0 bridgehead atoms. The molecule has 0 amide bonds. The summed E-state index contributed by atoms with van der Waals surface area (Å²) in [6.07, 6.45) is -3.16. The number of rotatable bonds is 1. The first-order valence-electron chi connectivity index (χ1n) is 2.39. The van der Waals surface area contributed by atoms with Gasteiger partial charge in [-0.05, 0) is 5.41 Å². The van der Waals surface area contributed by atoms with Gasteiger partial charge in [0.15, 0.2) is 5.56 Å². The maximum atomic E-state index is 11.4. The molecule has 0 aromatic rings. The van der Waals surface area contributed by atoms with Gasteiger partial charge >= 0.3 is 6.36 Å². The van der Waals surface area contributed by atoms with E-state index in [0.717, 1.165) is 11.8 Å². The Balaban J connectivity index is 2.26. The van der Waals surface area contributed by atoms with Gasteiger partial charge in [-0.2, -0.15) is 0 Å². The highest BCUT2D eigenvalue weighted by Crippen LogP contribution is 2.25. The molecule has 0 aromatic heterocycles. The van der Waals surface area contributed by atoms with E-state index in [1.165, 1.54) is 11.6 Å². The van der Waals surface area contributed by atoms with E-state index >= 15 is 0 Å². The first kappa shape index (κ1) is 7.74. The van der Waals surface area contributed by atoms with Crippen LogP contribution in [0.15, 0.2) is 11.6 Å². The molecule has 1 rings (SSSR count). The van der Waals surface area contributed by atoms with Gasteiger partial charge in [-0.25, -0.2) is 0 Å². The first-order valence-corrected chi connectivity index (χ1v) is 3.33. The highest BCUT2D eigenvalue weighted by Gasteiger charge is 2.34. The fourth-order valence-corrected chi connectivity index (χ4v) is 1.07. The summed E-state index contributed by atoms with van der Waals surface area (Å²) in [6, 6.07) is 0. The van der Waals surface area contributed by atoms with E-state index in [4.69, 9.17) is 0 Å². The van der Waals surface area contributed by atoms with Crippen molar-refractivity contribution >= 4 is 11.8 Å². The van der Waals surface area contributed by atoms with Crippen LogP contribution in [0.1, 0.15) is 0 Å². The van der Waals surface area contributed by atoms with Crippen LogP contribution in [0.5, 0.6) is 0 Å². The zero-order chi connectivity index (χ0) is 7.61. The Hall–Kier alpha value is -0.360.